The van der Waals surface area contributed by atoms with Crippen molar-refractivity contribution in [1.82, 2.24) is 19.7 Å². The predicted molar refractivity (Wildman–Crippen MR) is 123 cm³/mol. The van der Waals surface area contributed by atoms with E-state index in [4.69, 9.17) is 5.14 Å². The quantitative estimate of drug-likeness (QED) is 0.301. The first kappa shape index (κ1) is 27.8. The number of hydrogen-bond acceptors (Lipinski definition) is 8. The molecule has 1 fully saturated rings. The largest absolute Gasteiger partial charge is 0.416 e. The van der Waals surface area contributed by atoms with Crippen molar-refractivity contribution in [3.8, 4) is 0 Å². The molecule has 2 heterocycles. The Morgan fingerprint density at radius 2 is 2.00 bits per heavy atom. The van der Waals surface area contributed by atoms with Crippen molar-refractivity contribution >= 4 is 16.1 Å². The molecular formula is C23H23F4N5O5S. The van der Waals surface area contributed by atoms with Crippen LogP contribution in [-0.2, 0) is 33.6 Å². The van der Waals surface area contributed by atoms with Gasteiger partial charge in [0.25, 0.3) is 0 Å². The van der Waals surface area contributed by atoms with Crippen LogP contribution in [0.1, 0.15) is 45.7 Å². The molecule has 204 valence electrons. The van der Waals surface area contributed by atoms with Gasteiger partial charge in [0.05, 0.1) is 36.1 Å². The van der Waals surface area contributed by atoms with Crippen LogP contribution in [-0.4, -0.2) is 51.8 Å². The summed E-state index contributed by atoms with van der Waals surface area (Å²) in [6, 6.07) is 3.68. The Morgan fingerprint density at radius 1 is 1.24 bits per heavy atom. The first-order valence-electron chi connectivity index (χ1n) is 11.4. The standard InChI is InChI=1S/C23H23F4N5O5S/c24-16-2-1-14(18(8-16)23(25,26)27)10-32-4-3-19(31-32)22(34)17-9-29-12-30-20(17)6-13-5-15(21(33)7-13)11-37-38(28,35)36/h1-4,8-9,12-13,15,21,33H,5-7,10-11H2,(H2,28,35,36)/t13-,15+,21-/m0/s1. The zero-order chi connectivity index (χ0) is 27.7. The summed E-state index contributed by atoms with van der Waals surface area (Å²) in [5, 5.41) is 19.2. The lowest BCUT2D eigenvalue weighted by atomic mass is 9.96. The minimum absolute atomic E-state index is 0.0531. The van der Waals surface area contributed by atoms with Gasteiger partial charge in [-0.2, -0.15) is 26.7 Å². The maximum atomic E-state index is 13.4. The molecule has 3 N–H and O–H groups in total. The minimum atomic E-state index is -4.77. The summed E-state index contributed by atoms with van der Waals surface area (Å²) in [6.07, 6.45) is -0.694. The van der Waals surface area contributed by atoms with Gasteiger partial charge in [-0.1, -0.05) is 6.07 Å². The molecule has 3 aromatic rings. The third-order valence-corrected chi connectivity index (χ3v) is 6.77. The van der Waals surface area contributed by atoms with Gasteiger partial charge in [0, 0.05) is 18.3 Å². The van der Waals surface area contributed by atoms with E-state index in [9.17, 15) is 35.9 Å². The monoisotopic (exact) mass is 557 g/mol. The Balaban J connectivity index is 1.48. The number of benzene rings is 1. The minimum Gasteiger partial charge on any atom is -0.393 e. The van der Waals surface area contributed by atoms with E-state index in [1.165, 1.54) is 24.8 Å². The van der Waals surface area contributed by atoms with Crippen LogP contribution < -0.4 is 5.14 Å². The van der Waals surface area contributed by atoms with Crippen molar-refractivity contribution in [3.05, 3.63) is 76.9 Å². The second kappa shape index (κ2) is 10.8. The van der Waals surface area contributed by atoms with Crippen LogP contribution in [0.2, 0.25) is 0 Å². The number of nitrogens with two attached hydrogens (primary N) is 1. The Kier molecular flexibility index (Phi) is 7.92. The molecule has 38 heavy (non-hydrogen) atoms. The maximum absolute atomic E-state index is 13.4. The fourth-order valence-electron chi connectivity index (χ4n) is 4.56. The number of halogens is 4. The first-order valence-corrected chi connectivity index (χ1v) is 12.8. The second-order valence-electron chi connectivity index (χ2n) is 9.06. The van der Waals surface area contributed by atoms with Crippen LogP contribution in [0, 0.1) is 17.7 Å². The highest BCUT2D eigenvalue weighted by atomic mass is 32.2. The fourth-order valence-corrected chi connectivity index (χ4v) is 4.92. The smallest absolute Gasteiger partial charge is 0.393 e. The van der Waals surface area contributed by atoms with E-state index in [1.54, 1.807) is 0 Å². The number of aliphatic hydroxyl groups excluding tert-OH is 1. The fraction of sp³-hybridized carbons (Fsp3) is 0.391. The van der Waals surface area contributed by atoms with E-state index >= 15 is 0 Å². The van der Waals surface area contributed by atoms with E-state index in [1.807, 2.05) is 0 Å². The van der Waals surface area contributed by atoms with E-state index < -0.39 is 45.7 Å². The molecule has 0 amide bonds. The summed E-state index contributed by atoms with van der Waals surface area (Å²) in [5.41, 5.74) is -0.892. The number of hydrogen-bond donors (Lipinski definition) is 2. The summed E-state index contributed by atoms with van der Waals surface area (Å²) in [5.74, 6) is -2.19. The van der Waals surface area contributed by atoms with Gasteiger partial charge in [0.15, 0.2) is 0 Å². The molecule has 0 spiro atoms. The number of nitrogens with zero attached hydrogens (tertiary/aromatic N) is 4. The molecule has 1 aliphatic rings. The number of ketones is 1. The van der Waals surface area contributed by atoms with Crippen LogP contribution in [0.4, 0.5) is 17.6 Å². The Bertz CT molecular complexity index is 1430. The van der Waals surface area contributed by atoms with Crippen LogP contribution in [0.5, 0.6) is 0 Å². The summed E-state index contributed by atoms with van der Waals surface area (Å²) in [4.78, 5) is 21.3. The number of aromatic nitrogens is 4. The zero-order valence-electron chi connectivity index (χ0n) is 19.7. The summed E-state index contributed by atoms with van der Waals surface area (Å²) in [7, 11) is -4.15. The topological polar surface area (TPSA) is 150 Å². The van der Waals surface area contributed by atoms with Gasteiger partial charge in [-0.25, -0.2) is 19.5 Å². The van der Waals surface area contributed by atoms with Crippen LogP contribution >= 0.6 is 0 Å². The molecule has 0 unspecified atom stereocenters. The molecule has 0 aliphatic heterocycles. The Hall–Kier alpha value is -3.27. The molecule has 3 atom stereocenters. The SMILES string of the molecule is NS(=O)(=O)OC[C@H]1C[C@@H](Cc2ncncc2C(=O)c2ccn(Cc3ccc(F)cc3C(F)(F)F)n2)C[C@@H]1O. The highest BCUT2D eigenvalue weighted by Crippen LogP contribution is 2.35. The van der Waals surface area contributed by atoms with Crippen molar-refractivity contribution in [3.63, 3.8) is 0 Å². The maximum Gasteiger partial charge on any atom is 0.416 e. The molecule has 0 saturated heterocycles. The number of carbonyl (C=O) groups excluding carboxylic acids is 1. The van der Waals surface area contributed by atoms with Gasteiger partial charge >= 0.3 is 16.5 Å². The lowest BCUT2D eigenvalue weighted by Gasteiger charge is -2.13. The third-order valence-electron chi connectivity index (χ3n) is 6.31. The van der Waals surface area contributed by atoms with Crippen molar-refractivity contribution in [2.75, 3.05) is 6.61 Å². The van der Waals surface area contributed by atoms with Crippen molar-refractivity contribution in [2.45, 2.75) is 38.1 Å². The molecule has 4 rings (SSSR count). The number of carbonyl (C=O) groups is 1. The molecular weight excluding hydrogens is 534 g/mol. The number of rotatable bonds is 9. The molecule has 10 nitrogen and oxygen atoms in total. The van der Waals surface area contributed by atoms with Crippen LogP contribution in [0.3, 0.4) is 0 Å². The van der Waals surface area contributed by atoms with Crippen molar-refractivity contribution < 1.29 is 40.1 Å². The van der Waals surface area contributed by atoms with E-state index in [0.717, 1.165) is 16.8 Å². The van der Waals surface area contributed by atoms with Gasteiger partial charge in [0.2, 0.25) is 5.78 Å². The normalized spacial score (nSPS) is 20.1. The van der Waals surface area contributed by atoms with Crippen LogP contribution in [0.25, 0.3) is 0 Å². The average molecular weight is 558 g/mol. The van der Waals surface area contributed by atoms with Gasteiger partial charge < -0.3 is 5.11 Å². The second-order valence-corrected chi connectivity index (χ2v) is 10.3. The van der Waals surface area contributed by atoms with E-state index in [2.05, 4.69) is 19.2 Å². The molecule has 1 saturated carbocycles. The van der Waals surface area contributed by atoms with E-state index in [0.29, 0.717) is 24.6 Å². The highest BCUT2D eigenvalue weighted by Gasteiger charge is 2.35. The van der Waals surface area contributed by atoms with Crippen molar-refractivity contribution in [2.24, 2.45) is 17.0 Å². The van der Waals surface area contributed by atoms with Gasteiger partial charge in [0.1, 0.15) is 17.8 Å². The molecule has 0 radical (unpaired) electrons. The molecule has 2 aromatic heterocycles. The number of alkyl halides is 3. The zero-order valence-corrected chi connectivity index (χ0v) is 20.5. The lowest BCUT2D eigenvalue weighted by Crippen LogP contribution is -2.24. The molecule has 1 aromatic carbocycles. The lowest BCUT2D eigenvalue weighted by molar-refractivity contribution is -0.138. The number of aliphatic hydroxyl groups is 1. The predicted octanol–water partition coefficient (Wildman–Crippen LogP) is 2.26. The Morgan fingerprint density at radius 3 is 2.71 bits per heavy atom. The Labute approximate surface area is 214 Å². The highest BCUT2D eigenvalue weighted by molar-refractivity contribution is 7.84. The van der Waals surface area contributed by atoms with Gasteiger partial charge in [-0.05, 0) is 48.9 Å². The molecule has 15 heteroatoms. The van der Waals surface area contributed by atoms with E-state index in [-0.39, 0.29) is 42.3 Å². The summed E-state index contributed by atoms with van der Waals surface area (Å²) >= 11 is 0. The van der Waals surface area contributed by atoms with Crippen LogP contribution in [0.15, 0.2) is 43.0 Å². The first-order chi connectivity index (χ1) is 17.8. The molecule has 0 bridgehead atoms. The third kappa shape index (κ3) is 6.78. The summed E-state index contributed by atoms with van der Waals surface area (Å²) < 4.78 is 81.2. The average Bonchev–Trinajstić information content (AvgIpc) is 3.44. The van der Waals surface area contributed by atoms with Crippen molar-refractivity contribution in [1.29, 1.82) is 0 Å². The molecule has 1 aliphatic carbocycles. The van der Waals surface area contributed by atoms with Gasteiger partial charge in [-0.15, -0.1) is 0 Å². The summed E-state index contributed by atoms with van der Waals surface area (Å²) in [6.45, 7) is -0.615. The van der Waals surface area contributed by atoms with Gasteiger partial charge in [-0.3, -0.25) is 13.7 Å².